The summed E-state index contributed by atoms with van der Waals surface area (Å²) in [6.45, 7) is 10.4. The number of aromatic carboxylic acids is 1. The van der Waals surface area contributed by atoms with Gasteiger partial charge in [0.25, 0.3) is 0 Å². The summed E-state index contributed by atoms with van der Waals surface area (Å²) in [6, 6.07) is 16.7. The van der Waals surface area contributed by atoms with Crippen LogP contribution >= 0.6 is 0 Å². The van der Waals surface area contributed by atoms with Gasteiger partial charge in [-0.15, -0.1) is 0 Å². The van der Waals surface area contributed by atoms with E-state index in [-0.39, 0.29) is 12.1 Å². The predicted molar refractivity (Wildman–Crippen MR) is 142 cm³/mol. The molecule has 0 radical (unpaired) electrons. The highest BCUT2D eigenvalue weighted by molar-refractivity contribution is 5.89. The maximum atomic E-state index is 12.5. The lowest BCUT2D eigenvalue weighted by atomic mass is 9.92. The first-order valence-electron chi connectivity index (χ1n) is 12.1. The standard InChI is InChI=1S/C29H35N3O4/c1-18(2)13-26-24(17-31-28(35)36-29(3,4)5)23(20-11-9-19(16-30)10-12-20)15-25(32-26)21-7-6-8-22(14-21)27(33)34/h6-12,14-15,18H,13,16-17,30H2,1-5H3,(H,31,35)(H,33,34). The van der Waals surface area contributed by atoms with Crippen molar-refractivity contribution in [2.45, 2.75) is 59.7 Å². The number of carboxylic acid groups (broad SMARTS) is 1. The van der Waals surface area contributed by atoms with Gasteiger partial charge in [0.1, 0.15) is 5.60 Å². The topological polar surface area (TPSA) is 115 Å². The summed E-state index contributed by atoms with van der Waals surface area (Å²) in [7, 11) is 0. The zero-order valence-electron chi connectivity index (χ0n) is 21.6. The Morgan fingerprint density at radius 1 is 1.06 bits per heavy atom. The van der Waals surface area contributed by atoms with Crippen LogP contribution in [0.3, 0.4) is 0 Å². The van der Waals surface area contributed by atoms with Crippen molar-refractivity contribution >= 4 is 12.1 Å². The molecule has 0 fully saturated rings. The van der Waals surface area contributed by atoms with E-state index in [2.05, 4.69) is 19.2 Å². The van der Waals surface area contributed by atoms with Crippen molar-refractivity contribution in [2.75, 3.05) is 0 Å². The van der Waals surface area contributed by atoms with Gasteiger partial charge in [0.15, 0.2) is 0 Å². The van der Waals surface area contributed by atoms with Crippen LogP contribution in [0.5, 0.6) is 0 Å². The summed E-state index contributed by atoms with van der Waals surface area (Å²) in [5, 5.41) is 12.4. The summed E-state index contributed by atoms with van der Waals surface area (Å²) in [5.41, 5.74) is 11.4. The van der Waals surface area contributed by atoms with Gasteiger partial charge in [-0.1, -0.05) is 50.2 Å². The fourth-order valence-corrected chi connectivity index (χ4v) is 3.89. The molecule has 0 unspecified atom stereocenters. The summed E-state index contributed by atoms with van der Waals surface area (Å²) in [5.74, 6) is -0.680. The smallest absolute Gasteiger partial charge is 0.407 e. The third-order valence-corrected chi connectivity index (χ3v) is 5.53. The molecule has 3 rings (SSSR count). The van der Waals surface area contributed by atoms with Gasteiger partial charge in [0.05, 0.1) is 11.3 Å². The zero-order chi connectivity index (χ0) is 26.5. The lowest BCUT2D eigenvalue weighted by molar-refractivity contribution is 0.0523. The Labute approximate surface area is 212 Å². The first-order valence-corrected chi connectivity index (χ1v) is 12.1. The number of carbonyl (C=O) groups excluding carboxylic acids is 1. The highest BCUT2D eigenvalue weighted by atomic mass is 16.6. The zero-order valence-corrected chi connectivity index (χ0v) is 21.6. The van der Waals surface area contributed by atoms with E-state index < -0.39 is 17.7 Å². The first-order chi connectivity index (χ1) is 17.0. The van der Waals surface area contributed by atoms with Crippen molar-refractivity contribution < 1.29 is 19.4 Å². The highest BCUT2D eigenvalue weighted by Crippen LogP contribution is 2.32. The van der Waals surface area contributed by atoms with E-state index in [4.69, 9.17) is 15.5 Å². The van der Waals surface area contributed by atoms with Gasteiger partial charge in [-0.25, -0.2) is 9.59 Å². The quantitative estimate of drug-likeness (QED) is 0.369. The van der Waals surface area contributed by atoms with E-state index in [9.17, 15) is 14.7 Å². The molecule has 1 heterocycles. The Kier molecular flexibility index (Phi) is 8.48. The molecule has 0 saturated heterocycles. The number of nitrogens with zero attached hydrogens (tertiary/aromatic N) is 1. The average molecular weight is 490 g/mol. The van der Waals surface area contributed by atoms with Crippen LogP contribution in [0.25, 0.3) is 22.4 Å². The predicted octanol–water partition coefficient (Wildman–Crippen LogP) is 5.80. The number of hydrogen-bond donors (Lipinski definition) is 3. The number of benzene rings is 2. The molecule has 190 valence electrons. The van der Waals surface area contributed by atoms with Gasteiger partial charge >= 0.3 is 12.1 Å². The SMILES string of the molecule is CC(C)Cc1nc(-c2cccc(C(=O)O)c2)cc(-c2ccc(CN)cc2)c1CNC(=O)OC(C)(C)C. The molecule has 4 N–H and O–H groups in total. The number of aromatic nitrogens is 1. The second kappa shape index (κ2) is 11.4. The van der Waals surface area contributed by atoms with E-state index in [1.165, 1.54) is 0 Å². The van der Waals surface area contributed by atoms with Crippen molar-refractivity contribution in [3.63, 3.8) is 0 Å². The fourth-order valence-electron chi connectivity index (χ4n) is 3.89. The van der Waals surface area contributed by atoms with Gasteiger partial charge in [0.2, 0.25) is 0 Å². The van der Waals surface area contributed by atoms with Crippen LogP contribution in [0.2, 0.25) is 0 Å². The molecule has 2 aromatic carbocycles. The third-order valence-electron chi connectivity index (χ3n) is 5.53. The van der Waals surface area contributed by atoms with Crippen LogP contribution < -0.4 is 11.1 Å². The van der Waals surface area contributed by atoms with Gasteiger partial charge in [-0.3, -0.25) is 4.98 Å². The molecule has 0 saturated carbocycles. The highest BCUT2D eigenvalue weighted by Gasteiger charge is 2.20. The number of carboxylic acids is 1. The molecule has 0 bridgehead atoms. The average Bonchev–Trinajstić information content (AvgIpc) is 2.81. The van der Waals surface area contributed by atoms with Crippen LogP contribution in [0.1, 0.15) is 61.8 Å². The molecule has 0 aliphatic rings. The number of carbonyl (C=O) groups is 2. The van der Waals surface area contributed by atoms with E-state index in [0.29, 0.717) is 30.1 Å². The van der Waals surface area contributed by atoms with Crippen LogP contribution in [0, 0.1) is 5.92 Å². The van der Waals surface area contributed by atoms with E-state index in [1.54, 1.807) is 18.2 Å². The Morgan fingerprint density at radius 3 is 2.33 bits per heavy atom. The monoisotopic (exact) mass is 489 g/mol. The molecular formula is C29H35N3O4. The van der Waals surface area contributed by atoms with Gasteiger partial charge in [0, 0.05) is 29.9 Å². The number of amides is 1. The lowest BCUT2D eigenvalue weighted by Crippen LogP contribution is -2.32. The van der Waals surface area contributed by atoms with Crippen molar-refractivity contribution in [1.29, 1.82) is 0 Å². The Balaban J connectivity index is 2.16. The number of ether oxygens (including phenoxy) is 1. The largest absolute Gasteiger partial charge is 0.478 e. The molecule has 0 atom stereocenters. The van der Waals surface area contributed by atoms with Crippen molar-refractivity contribution in [1.82, 2.24) is 10.3 Å². The van der Waals surface area contributed by atoms with Crippen molar-refractivity contribution in [2.24, 2.45) is 11.7 Å². The number of pyridine rings is 1. The molecule has 1 amide bonds. The number of rotatable bonds is 8. The molecule has 1 aromatic heterocycles. The summed E-state index contributed by atoms with van der Waals surface area (Å²) in [4.78, 5) is 29.0. The molecule has 0 aliphatic carbocycles. The van der Waals surface area contributed by atoms with Crippen LogP contribution in [-0.2, 0) is 24.2 Å². The van der Waals surface area contributed by atoms with E-state index >= 15 is 0 Å². The molecule has 0 spiro atoms. The van der Waals surface area contributed by atoms with Crippen LogP contribution in [0.4, 0.5) is 4.79 Å². The minimum Gasteiger partial charge on any atom is -0.478 e. The summed E-state index contributed by atoms with van der Waals surface area (Å²) in [6.07, 6.45) is 0.187. The fraction of sp³-hybridized carbons (Fsp3) is 0.345. The Bertz CT molecular complexity index is 1230. The number of nitrogens with one attached hydrogen (secondary N) is 1. The molecule has 7 nitrogen and oxygen atoms in total. The Morgan fingerprint density at radius 2 is 1.75 bits per heavy atom. The maximum absolute atomic E-state index is 12.5. The molecule has 7 heteroatoms. The van der Waals surface area contributed by atoms with Crippen molar-refractivity contribution in [3.8, 4) is 22.4 Å². The summed E-state index contributed by atoms with van der Waals surface area (Å²) < 4.78 is 5.44. The molecule has 3 aromatic rings. The third kappa shape index (κ3) is 7.15. The van der Waals surface area contributed by atoms with Gasteiger partial charge in [-0.05, 0) is 68.0 Å². The molecule has 36 heavy (non-hydrogen) atoms. The number of alkyl carbamates (subject to hydrolysis) is 1. The maximum Gasteiger partial charge on any atom is 0.407 e. The normalized spacial score (nSPS) is 11.4. The molecular weight excluding hydrogens is 454 g/mol. The number of hydrogen-bond acceptors (Lipinski definition) is 5. The van der Waals surface area contributed by atoms with E-state index in [1.807, 2.05) is 57.2 Å². The minimum absolute atomic E-state index is 0.198. The number of nitrogens with two attached hydrogens (primary N) is 1. The first kappa shape index (κ1) is 26.9. The minimum atomic E-state index is -0.991. The van der Waals surface area contributed by atoms with Gasteiger partial charge in [-0.2, -0.15) is 0 Å². The van der Waals surface area contributed by atoms with Crippen LogP contribution in [-0.4, -0.2) is 27.8 Å². The second-order valence-electron chi connectivity index (χ2n) is 10.2. The Hall–Kier alpha value is -3.71. The second-order valence-corrected chi connectivity index (χ2v) is 10.2. The van der Waals surface area contributed by atoms with Crippen LogP contribution in [0.15, 0.2) is 54.6 Å². The van der Waals surface area contributed by atoms with E-state index in [0.717, 1.165) is 27.9 Å². The summed E-state index contributed by atoms with van der Waals surface area (Å²) >= 11 is 0. The molecule has 0 aliphatic heterocycles. The lowest BCUT2D eigenvalue weighted by Gasteiger charge is -2.22. The van der Waals surface area contributed by atoms with Gasteiger partial charge < -0.3 is 20.9 Å². The van der Waals surface area contributed by atoms with Crippen molar-refractivity contribution in [3.05, 3.63) is 77.0 Å².